The number of halogens is 3. The molecule has 1 N–H and O–H groups in total. The quantitative estimate of drug-likeness (QED) is 0.661. The lowest BCUT2D eigenvalue weighted by Crippen LogP contribution is -2.41. The van der Waals surface area contributed by atoms with Gasteiger partial charge in [0.1, 0.15) is 0 Å². The monoisotopic (exact) mass is 249 g/mol. The summed E-state index contributed by atoms with van der Waals surface area (Å²) in [6, 6.07) is 3.69. The van der Waals surface area contributed by atoms with Crippen LogP contribution in [0.2, 0.25) is 0 Å². The Morgan fingerprint density at radius 1 is 1.29 bits per heavy atom. The molecule has 1 aromatic carbocycles. The van der Waals surface area contributed by atoms with Crippen molar-refractivity contribution in [3.8, 4) is 0 Å². The molecule has 0 saturated carbocycles. The molecule has 0 aliphatic rings. The van der Waals surface area contributed by atoms with E-state index in [2.05, 4.69) is 0 Å². The van der Waals surface area contributed by atoms with Gasteiger partial charge in [-0.1, -0.05) is 6.92 Å². The van der Waals surface area contributed by atoms with Gasteiger partial charge in [0.2, 0.25) is 0 Å². The van der Waals surface area contributed by atoms with Gasteiger partial charge in [0.25, 0.3) is 5.69 Å². The van der Waals surface area contributed by atoms with Gasteiger partial charge in [-0.15, -0.1) is 0 Å². The van der Waals surface area contributed by atoms with E-state index in [0.29, 0.717) is 0 Å². The Balaban J connectivity index is 3.19. The van der Waals surface area contributed by atoms with Crippen molar-refractivity contribution >= 4 is 5.69 Å². The van der Waals surface area contributed by atoms with Gasteiger partial charge in [0.05, 0.1) is 4.92 Å². The smallest absolute Gasteiger partial charge is 0.376 e. The van der Waals surface area contributed by atoms with Crippen LogP contribution in [0.4, 0.5) is 18.9 Å². The topological polar surface area (TPSA) is 63.4 Å². The van der Waals surface area contributed by atoms with Crippen LogP contribution in [0.15, 0.2) is 24.3 Å². The molecule has 0 radical (unpaired) electrons. The molecule has 17 heavy (non-hydrogen) atoms. The zero-order valence-electron chi connectivity index (χ0n) is 8.86. The van der Waals surface area contributed by atoms with Crippen molar-refractivity contribution in [3.63, 3.8) is 0 Å². The lowest BCUT2D eigenvalue weighted by molar-refractivity contribution is -0.384. The first kappa shape index (κ1) is 13.4. The molecule has 1 aromatic rings. The molecule has 4 nitrogen and oxygen atoms in total. The van der Waals surface area contributed by atoms with E-state index in [9.17, 15) is 28.4 Å². The summed E-state index contributed by atoms with van der Waals surface area (Å²) in [6.07, 6.45) is -5.38. The summed E-state index contributed by atoms with van der Waals surface area (Å²) in [5.41, 5.74) is -3.70. The molecule has 1 atom stereocenters. The minimum absolute atomic E-state index is 0.325. The van der Waals surface area contributed by atoms with Gasteiger partial charge in [0.15, 0.2) is 5.60 Å². The summed E-state index contributed by atoms with van der Waals surface area (Å²) in [4.78, 5) is 9.63. The molecule has 94 valence electrons. The molecule has 0 aliphatic heterocycles. The molecule has 0 aromatic heterocycles. The standard InChI is InChI=1S/C10H10F3NO3/c1-2-9(15,10(11,12)13)7-3-5-8(6-4-7)14(16)17/h3-6,15H,2H2,1H3. The largest absolute Gasteiger partial charge is 0.421 e. The fraction of sp³-hybridized carbons (Fsp3) is 0.400. The van der Waals surface area contributed by atoms with Gasteiger partial charge in [-0.25, -0.2) is 0 Å². The van der Waals surface area contributed by atoms with Gasteiger partial charge in [-0.2, -0.15) is 13.2 Å². The van der Waals surface area contributed by atoms with E-state index in [4.69, 9.17) is 0 Å². The summed E-state index contributed by atoms with van der Waals surface area (Å²) in [7, 11) is 0. The first-order valence-electron chi connectivity index (χ1n) is 4.76. The number of aliphatic hydroxyl groups is 1. The molecular weight excluding hydrogens is 239 g/mol. The van der Waals surface area contributed by atoms with Crippen LogP contribution in [-0.4, -0.2) is 16.2 Å². The summed E-state index contributed by atoms with van der Waals surface area (Å²) in [6.45, 7) is 1.19. The van der Waals surface area contributed by atoms with Crippen molar-refractivity contribution in [2.24, 2.45) is 0 Å². The predicted octanol–water partition coefficient (Wildman–Crippen LogP) is 2.75. The highest BCUT2D eigenvalue weighted by molar-refractivity contribution is 5.36. The molecule has 0 aliphatic carbocycles. The highest BCUT2D eigenvalue weighted by Gasteiger charge is 2.53. The summed E-state index contributed by atoms with van der Waals surface area (Å²) < 4.78 is 38.0. The van der Waals surface area contributed by atoms with Crippen LogP contribution in [0.1, 0.15) is 18.9 Å². The normalized spacial score (nSPS) is 15.4. The minimum atomic E-state index is -4.82. The first-order chi connectivity index (χ1) is 7.72. The molecule has 0 spiro atoms. The predicted molar refractivity (Wildman–Crippen MR) is 53.3 cm³/mol. The molecule has 1 unspecified atom stereocenters. The van der Waals surface area contributed by atoms with Crippen molar-refractivity contribution < 1.29 is 23.2 Å². The molecule has 0 saturated heterocycles. The van der Waals surface area contributed by atoms with Crippen LogP contribution in [0.3, 0.4) is 0 Å². The van der Waals surface area contributed by atoms with E-state index in [-0.39, 0.29) is 5.69 Å². The van der Waals surface area contributed by atoms with E-state index < -0.39 is 28.7 Å². The molecule has 7 heteroatoms. The molecule has 0 amide bonds. The van der Waals surface area contributed by atoms with E-state index in [1.165, 1.54) is 6.92 Å². The van der Waals surface area contributed by atoms with Crippen molar-refractivity contribution in [2.75, 3.05) is 0 Å². The Hall–Kier alpha value is -1.63. The lowest BCUT2D eigenvalue weighted by Gasteiger charge is -2.29. The van der Waals surface area contributed by atoms with Crippen LogP contribution in [-0.2, 0) is 5.60 Å². The van der Waals surface area contributed by atoms with Crippen LogP contribution in [0.5, 0.6) is 0 Å². The van der Waals surface area contributed by atoms with Gasteiger partial charge >= 0.3 is 6.18 Å². The number of hydrogen-bond acceptors (Lipinski definition) is 3. The summed E-state index contributed by atoms with van der Waals surface area (Å²) in [5.74, 6) is 0. The molecule has 0 bridgehead atoms. The SMILES string of the molecule is CCC(O)(c1ccc([N+](=O)[O-])cc1)C(F)(F)F. The molecule has 0 fully saturated rings. The Kier molecular flexibility index (Phi) is 3.42. The number of alkyl halides is 3. The zero-order valence-corrected chi connectivity index (χ0v) is 8.86. The van der Waals surface area contributed by atoms with E-state index in [0.717, 1.165) is 24.3 Å². The maximum absolute atomic E-state index is 12.7. The summed E-state index contributed by atoms with van der Waals surface area (Å²) >= 11 is 0. The van der Waals surface area contributed by atoms with Crippen molar-refractivity contribution in [1.82, 2.24) is 0 Å². The average Bonchev–Trinajstić information content (AvgIpc) is 2.26. The van der Waals surface area contributed by atoms with Crippen molar-refractivity contribution in [2.45, 2.75) is 25.1 Å². The Labute approximate surface area is 94.8 Å². The highest BCUT2D eigenvalue weighted by Crippen LogP contribution is 2.41. The third kappa shape index (κ3) is 2.38. The van der Waals surface area contributed by atoms with Crippen molar-refractivity contribution in [1.29, 1.82) is 0 Å². The molecule has 1 rings (SSSR count). The van der Waals surface area contributed by atoms with Crippen LogP contribution >= 0.6 is 0 Å². The van der Waals surface area contributed by atoms with Crippen molar-refractivity contribution in [3.05, 3.63) is 39.9 Å². The van der Waals surface area contributed by atoms with E-state index >= 15 is 0 Å². The first-order valence-corrected chi connectivity index (χ1v) is 4.76. The second-order valence-electron chi connectivity index (χ2n) is 3.52. The number of rotatable bonds is 3. The van der Waals surface area contributed by atoms with Gasteiger partial charge in [-0.05, 0) is 24.1 Å². The van der Waals surface area contributed by atoms with E-state index in [1.54, 1.807) is 0 Å². The number of non-ortho nitro benzene ring substituents is 1. The second kappa shape index (κ2) is 4.33. The fourth-order valence-electron chi connectivity index (χ4n) is 1.43. The third-order valence-electron chi connectivity index (χ3n) is 2.54. The van der Waals surface area contributed by atoms with E-state index in [1.807, 2.05) is 0 Å². The Bertz CT molecular complexity index is 416. The van der Waals surface area contributed by atoms with Crippen LogP contribution < -0.4 is 0 Å². The van der Waals surface area contributed by atoms with Crippen LogP contribution in [0.25, 0.3) is 0 Å². The molecular formula is C10H10F3NO3. The van der Waals surface area contributed by atoms with Gasteiger partial charge in [-0.3, -0.25) is 10.1 Å². The number of nitro benzene ring substituents is 1. The van der Waals surface area contributed by atoms with Gasteiger partial charge in [0, 0.05) is 12.1 Å². The number of hydrogen-bond donors (Lipinski definition) is 1. The average molecular weight is 249 g/mol. The number of benzene rings is 1. The Morgan fingerprint density at radius 3 is 2.06 bits per heavy atom. The fourth-order valence-corrected chi connectivity index (χ4v) is 1.43. The minimum Gasteiger partial charge on any atom is -0.376 e. The van der Waals surface area contributed by atoms with Crippen LogP contribution in [0, 0.1) is 10.1 Å². The maximum Gasteiger partial charge on any atom is 0.421 e. The number of nitrogens with zero attached hydrogens (tertiary/aromatic N) is 1. The lowest BCUT2D eigenvalue weighted by atomic mass is 9.90. The third-order valence-corrected chi connectivity index (χ3v) is 2.54. The maximum atomic E-state index is 12.7. The van der Waals surface area contributed by atoms with Gasteiger partial charge < -0.3 is 5.11 Å². The highest BCUT2D eigenvalue weighted by atomic mass is 19.4. The zero-order chi connectivity index (χ0) is 13.3. The molecule has 0 heterocycles. The number of nitro groups is 1. The second-order valence-corrected chi connectivity index (χ2v) is 3.52. The summed E-state index contributed by atoms with van der Waals surface area (Å²) in [5, 5.41) is 19.9. The Morgan fingerprint density at radius 2 is 1.76 bits per heavy atom.